The van der Waals surface area contributed by atoms with Crippen molar-refractivity contribution in [2.45, 2.75) is 25.9 Å². The molecule has 2 aromatic rings. The molecule has 0 saturated heterocycles. The van der Waals surface area contributed by atoms with Crippen LogP contribution in [0, 0.1) is 6.92 Å². The van der Waals surface area contributed by atoms with E-state index < -0.39 is 6.10 Å². The van der Waals surface area contributed by atoms with E-state index in [1.165, 1.54) is 0 Å². The maximum Gasteiger partial charge on any atom is 0.0793 e. The lowest BCUT2D eigenvalue weighted by Gasteiger charge is -2.11. The molecule has 1 aromatic heterocycles. The first-order valence-electron chi connectivity index (χ1n) is 5.98. The summed E-state index contributed by atoms with van der Waals surface area (Å²) in [7, 11) is 1.90. The number of hydrogen-bond donors (Lipinski definition) is 1. The number of nitrogens with zero attached hydrogens (tertiary/aromatic N) is 2. The zero-order valence-electron chi connectivity index (χ0n) is 10.6. The summed E-state index contributed by atoms with van der Waals surface area (Å²) in [5, 5.41) is 14.3. The minimum atomic E-state index is -0.419. The van der Waals surface area contributed by atoms with Crippen LogP contribution in [-0.2, 0) is 13.5 Å². The Morgan fingerprint density at radius 3 is 2.83 bits per heavy atom. The lowest BCUT2D eigenvalue weighted by molar-refractivity contribution is 0.168. The van der Waals surface area contributed by atoms with E-state index >= 15 is 0 Å². The van der Waals surface area contributed by atoms with Crippen LogP contribution in [0.25, 0.3) is 0 Å². The second-order valence-electron chi connectivity index (χ2n) is 4.59. The zero-order chi connectivity index (χ0) is 13.1. The molecule has 0 aliphatic carbocycles. The van der Waals surface area contributed by atoms with Gasteiger partial charge in [-0.05, 0) is 42.5 Å². The van der Waals surface area contributed by atoms with Gasteiger partial charge in [0.25, 0.3) is 0 Å². The molecule has 2 rings (SSSR count). The van der Waals surface area contributed by atoms with E-state index in [1.807, 2.05) is 44.6 Å². The molecule has 0 aliphatic heterocycles. The molecular formula is C14H17BrN2O. The van der Waals surface area contributed by atoms with Gasteiger partial charge in [0.05, 0.1) is 12.3 Å². The van der Waals surface area contributed by atoms with E-state index in [0.29, 0.717) is 6.42 Å². The van der Waals surface area contributed by atoms with Gasteiger partial charge in [-0.2, -0.15) is 5.10 Å². The number of aliphatic hydroxyl groups excluding tert-OH is 1. The fourth-order valence-corrected chi connectivity index (χ4v) is 2.19. The lowest BCUT2D eigenvalue weighted by Crippen LogP contribution is -2.00. The first-order chi connectivity index (χ1) is 8.56. The SMILES string of the molecule is Cc1cc(C(O)CCc2cnn(C)c2)ccc1Br. The molecule has 1 unspecified atom stereocenters. The number of benzene rings is 1. The van der Waals surface area contributed by atoms with E-state index in [4.69, 9.17) is 0 Å². The summed E-state index contributed by atoms with van der Waals surface area (Å²) in [6.45, 7) is 2.03. The highest BCUT2D eigenvalue weighted by molar-refractivity contribution is 9.10. The number of aromatic nitrogens is 2. The highest BCUT2D eigenvalue weighted by atomic mass is 79.9. The van der Waals surface area contributed by atoms with Gasteiger partial charge in [-0.1, -0.05) is 28.1 Å². The Kier molecular flexibility index (Phi) is 4.19. The van der Waals surface area contributed by atoms with E-state index in [9.17, 15) is 5.11 Å². The lowest BCUT2D eigenvalue weighted by atomic mass is 10.0. The van der Waals surface area contributed by atoms with Crippen LogP contribution in [0.3, 0.4) is 0 Å². The van der Waals surface area contributed by atoms with E-state index in [-0.39, 0.29) is 0 Å². The summed E-state index contributed by atoms with van der Waals surface area (Å²) in [5.41, 5.74) is 3.28. The van der Waals surface area contributed by atoms with Crippen molar-refractivity contribution in [3.8, 4) is 0 Å². The molecule has 1 aromatic carbocycles. The molecule has 0 aliphatic rings. The number of aliphatic hydroxyl groups is 1. The molecule has 1 heterocycles. The van der Waals surface area contributed by atoms with Gasteiger partial charge >= 0.3 is 0 Å². The summed E-state index contributed by atoms with van der Waals surface area (Å²) < 4.78 is 2.86. The van der Waals surface area contributed by atoms with Crippen molar-refractivity contribution in [2.75, 3.05) is 0 Å². The summed E-state index contributed by atoms with van der Waals surface area (Å²) in [6, 6.07) is 5.97. The Labute approximate surface area is 116 Å². The number of aryl methyl sites for hydroxylation is 3. The molecule has 0 saturated carbocycles. The smallest absolute Gasteiger partial charge is 0.0793 e. The second kappa shape index (κ2) is 5.67. The summed E-state index contributed by atoms with van der Waals surface area (Å²) >= 11 is 3.46. The first-order valence-corrected chi connectivity index (χ1v) is 6.77. The summed E-state index contributed by atoms with van der Waals surface area (Å²) in [5.74, 6) is 0. The van der Waals surface area contributed by atoms with Crippen LogP contribution in [0.4, 0.5) is 0 Å². The molecule has 1 N–H and O–H groups in total. The summed E-state index contributed by atoms with van der Waals surface area (Å²) in [6.07, 6.45) is 4.97. The van der Waals surface area contributed by atoms with Crippen molar-refractivity contribution in [2.24, 2.45) is 7.05 Å². The van der Waals surface area contributed by atoms with Gasteiger partial charge in [-0.3, -0.25) is 4.68 Å². The van der Waals surface area contributed by atoms with Gasteiger partial charge in [-0.15, -0.1) is 0 Å². The molecule has 0 radical (unpaired) electrons. The fraction of sp³-hybridized carbons (Fsp3) is 0.357. The second-order valence-corrected chi connectivity index (χ2v) is 5.44. The fourth-order valence-electron chi connectivity index (χ4n) is 1.95. The third-order valence-corrected chi connectivity index (χ3v) is 3.92. The third kappa shape index (κ3) is 3.21. The molecule has 0 amide bonds. The molecule has 96 valence electrons. The minimum Gasteiger partial charge on any atom is -0.388 e. The monoisotopic (exact) mass is 308 g/mol. The topological polar surface area (TPSA) is 38.1 Å². The molecule has 4 heteroatoms. The van der Waals surface area contributed by atoms with Crippen molar-refractivity contribution < 1.29 is 5.11 Å². The van der Waals surface area contributed by atoms with Gasteiger partial charge in [0, 0.05) is 17.7 Å². The molecule has 0 bridgehead atoms. The minimum absolute atomic E-state index is 0.419. The summed E-state index contributed by atoms with van der Waals surface area (Å²) in [4.78, 5) is 0. The molecule has 0 spiro atoms. The standard InChI is InChI=1S/C14H17BrN2O/c1-10-7-12(4-5-13(10)15)14(18)6-3-11-8-16-17(2)9-11/h4-5,7-9,14,18H,3,6H2,1-2H3. The number of halogens is 1. The maximum absolute atomic E-state index is 10.2. The van der Waals surface area contributed by atoms with Crippen molar-refractivity contribution in [3.05, 3.63) is 51.8 Å². The highest BCUT2D eigenvalue weighted by Crippen LogP contribution is 2.24. The van der Waals surface area contributed by atoms with Crippen LogP contribution >= 0.6 is 15.9 Å². The quantitative estimate of drug-likeness (QED) is 0.942. The average molecular weight is 309 g/mol. The van der Waals surface area contributed by atoms with Crippen LogP contribution < -0.4 is 0 Å². The van der Waals surface area contributed by atoms with Crippen LogP contribution in [0.5, 0.6) is 0 Å². The zero-order valence-corrected chi connectivity index (χ0v) is 12.2. The van der Waals surface area contributed by atoms with Gasteiger partial charge in [-0.25, -0.2) is 0 Å². The van der Waals surface area contributed by atoms with E-state index in [0.717, 1.165) is 27.6 Å². The average Bonchev–Trinajstić information content (AvgIpc) is 2.75. The van der Waals surface area contributed by atoms with Gasteiger partial charge < -0.3 is 5.11 Å². The predicted molar refractivity (Wildman–Crippen MR) is 75.4 cm³/mol. The Morgan fingerprint density at radius 2 is 2.22 bits per heavy atom. The first kappa shape index (κ1) is 13.3. The van der Waals surface area contributed by atoms with Crippen molar-refractivity contribution >= 4 is 15.9 Å². The Bertz CT molecular complexity index is 536. The number of rotatable bonds is 4. The van der Waals surface area contributed by atoms with Gasteiger partial charge in [0.15, 0.2) is 0 Å². The van der Waals surface area contributed by atoms with Crippen LogP contribution in [-0.4, -0.2) is 14.9 Å². The Hall–Kier alpha value is -1.13. The van der Waals surface area contributed by atoms with Crippen molar-refractivity contribution in [3.63, 3.8) is 0 Å². The molecule has 1 atom stereocenters. The highest BCUT2D eigenvalue weighted by Gasteiger charge is 2.09. The van der Waals surface area contributed by atoms with E-state index in [1.54, 1.807) is 4.68 Å². The van der Waals surface area contributed by atoms with Crippen LogP contribution in [0.1, 0.15) is 29.2 Å². The molecule has 3 nitrogen and oxygen atoms in total. The van der Waals surface area contributed by atoms with Crippen molar-refractivity contribution in [1.29, 1.82) is 0 Å². The normalized spacial score (nSPS) is 12.7. The molecular weight excluding hydrogens is 292 g/mol. The molecule has 0 fully saturated rings. The number of hydrogen-bond acceptors (Lipinski definition) is 2. The predicted octanol–water partition coefficient (Wildman–Crippen LogP) is 3.16. The van der Waals surface area contributed by atoms with Gasteiger partial charge in [0.2, 0.25) is 0 Å². The Balaban J connectivity index is 1.99. The third-order valence-electron chi connectivity index (χ3n) is 3.03. The van der Waals surface area contributed by atoms with E-state index in [2.05, 4.69) is 21.0 Å². The van der Waals surface area contributed by atoms with Gasteiger partial charge in [0.1, 0.15) is 0 Å². The van der Waals surface area contributed by atoms with Crippen LogP contribution in [0.15, 0.2) is 35.1 Å². The largest absolute Gasteiger partial charge is 0.388 e. The van der Waals surface area contributed by atoms with Crippen LogP contribution in [0.2, 0.25) is 0 Å². The van der Waals surface area contributed by atoms with Crippen molar-refractivity contribution in [1.82, 2.24) is 9.78 Å². The maximum atomic E-state index is 10.2. The Morgan fingerprint density at radius 1 is 1.44 bits per heavy atom. The molecule has 18 heavy (non-hydrogen) atoms.